The second-order valence-corrected chi connectivity index (χ2v) is 9.07. The van der Waals surface area contributed by atoms with Gasteiger partial charge < -0.3 is 25.2 Å². The molecule has 2 heterocycles. The minimum Gasteiger partial charge on any atom is -0.477 e. The van der Waals surface area contributed by atoms with E-state index in [2.05, 4.69) is 10.6 Å². The van der Waals surface area contributed by atoms with Gasteiger partial charge in [-0.05, 0) is 19.7 Å². The second-order valence-electron chi connectivity index (χ2n) is 8.00. The van der Waals surface area contributed by atoms with E-state index >= 15 is 0 Å². The Labute approximate surface area is 205 Å². The van der Waals surface area contributed by atoms with Gasteiger partial charge in [0.1, 0.15) is 30.8 Å². The molecule has 1 fully saturated rings. The lowest BCUT2D eigenvalue weighted by Gasteiger charge is -2.59. The fourth-order valence-electron chi connectivity index (χ4n) is 3.72. The van der Waals surface area contributed by atoms with Gasteiger partial charge in [0.15, 0.2) is 0 Å². The van der Waals surface area contributed by atoms with Crippen molar-refractivity contribution in [1.29, 1.82) is 0 Å². The normalized spacial score (nSPS) is 21.1. The van der Waals surface area contributed by atoms with Crippen molar-refractivity contribution in [3.05, 3.63) is 47.2 Å². The molecule has 0 unspecified atom stereocenters. The van der Waals surface area contributed by atoms with Crippen molar-refractivity contribution in [3.8, 4) is 0 Å². The van der Waals surface area contributed by atoms with E-state index in [1.807, 2.05) is 6.07 Å². The number of thioether (sulfide) groups is 1. The van der Waals surface area contributed by atoms with Crippen LogP contribution in [0.4, 0.5) is 4.79 Å². The second kappa shape index (κ2) is 10.8. The first-order chi connectivity index (χ1) is 16.6. The van der Waals surface area contributed by atoms with Crippen LogP contribution in [0.15, 0.2) is 41.6 Å². The molecule has 0 radical (unpaired) electrons. The Balaban J connectivity index is 1.65. The Morgan fingerprint density at radius 3 is 2.46 bits per heavy atom. The number of nitrogens with one attached hydrogen (secondary N) is 2. The number of benzene rings is 1. The molecule has 35 heavy (non-hydrogen) atoms. The fraction of sp³-hybridized carbons (Fsp3) is 0.409. The highest BCUT2D eigenvalue weighted by Crippen LogP contribution is 2.47. The van der Waals surface area contributed by atoms with Crippen LogP contribution in [0, 0.1) is 0 Å². The lowest BCUT2D eigenvalue weighted by molar-refractivity contribution is -0.171. The molecular formula is C22H26N4O8S. The van der Waals surface area contributed by atoms with E-state index < -0.39 is 47.4 Å². The molecular weight excluding hydrogens is 480 g/mol. The van der Waals surface area contributed by atoms with Crippen molar-refractivity contribution in [2.75, 3.05) is 33.0 Å². The molecule has 2 aliphatic rings. The predicted octanol–water partition coefficient (Wildman–Crippen LogP) is 0.104. The van der Waals surface area contributed by atoms with Gasteiger partial charge >= 0.3 is 18.0 Å². The number of amides is 3. The van der Waals surface area contributed by atoms with Crippen LogP contribution >= 0.6 is 11.8 Å². The average molecular weight is 507 g/mol. The number of carbonyl (C=O) groups is 5. The first kappa shape index (κ1) is 26.0. The van der Waals surface area contributed by atoms with E-state index in [4.69, 9.17) is 9.47 Å². The van der Waals surface area contributed by atoms with E-state index in [0.29, 0.717) is 0 Å². The number of aliphatic carboxylic acids is 1. The highest BCUT2D eigenvalue weighted by atomic mass is 32.2. The molecule has 13 heteroatoms. The smallest absolute Gasteiger partial charge is 0.407 e. The van der Waals surface area contributed by atoms with Gasteiger partial charge in [0.2, 0.25) is 11.6 Å². The lowest BCUT2D eigenvalue weighted by atomic mass is 9.93. The zero-order chi connectivity index (χ0) is 25.8. The number of hydrogen-bond acceptors (Lipinski definition) is 9. The summed E-state index contributed by atoms with van der Waals surface area (Å²) in [5.74, 6) is -3.05. The first-order valence-electron chi connectivity index (χ1n) is 10.5. The fourth-order valence-corrected chi connectivity index (χ4v) is 5.27. The molecule has 2 aliphatic heterocycles. The molecule has 3 amide bonds. The van der Waals surface area contributed by atoms with Crippen LogP contribution in [-0.4, -0.2) is 88.8 Å². The van der Waals surface area contributed by atoms with Gasteiger partial charge in [-0.25, -0.2) is 9.59 Å². The van der Waals surface area contributed by atoms with Gasteiger partial charge in [-0.2, -0.15) is 0 Å². The summed E-state index contributed by atoms with van der Waals surface area (Å²) in [6.45, 7) is 0.527. The number of β-lactam (4-membered cyclic amide) rings is 1. The minimum absolute atomic E-state index is 0.0298. The topological polar surface area (TPSA) is 155 Å². The van der Waals surface area contributed by atoms with Crippen molar-refractivity contribution in [1.82, 2.24) is 20.4 Å². The standard InChI is InChI=1S/C22H26N4O8S/c1-13(27)33-11-15-12-35-20-22(25(2)3,19(31)26(20)17(15)18(29)30)24-16(28)9-23-21(32)34-10-14-7-5-4-6-8-14/h4-8,20H,9-12H2,1-3H3,(H,23,32)(H,24,28)(H,29,30)/t20-,22-/m1/s1. The quantitative estimate of drug-likeness (QED) is 0.239. The van der Waals surface area contributed by atoms with Crippen LogP contribution in [0.3, 0.4) is 0 Å². The summed E-state index contributed by atoms with van der Waals surface area (Å²) < 4.78 is 10.00. The largest absolute Gasteiger partial charge is 0.477 e. The molecule has 2 atom stereocenters. The molecule has 1 aromatic carbocycles. The van der Waals surface area contributed by atoms with Crippen molar-refractivity contribution in [3.63, 3.8) is 0 Å². The molecule has 0 spiro atoms. The van der Waals surface area contributed by atoms with Crippen molar-refractivity contribution >= 4 is 41.6 Å². The van der Waals surface area contributed by atoms with E-state index in [1.165, 1.54) is 23.6 Å². The number of fused-ring (bicyclic) bond motifs is 1. The number of hydrogen-bond donors (Lipinski definition) is 3. The number of carboxylic acid groups (broad SMARTS) is 1. The number of alkyl carbamates (subject to hydrolysis) is 1. The van der Waals surface area contributed by atoms with Crippen LogP contribution in [0.5, 0.6) is 0 Å². The van der Waals surface area contributed by atoms with Crippen molar-refractivity contribution in [2.45, 2.75) is 24.6 Å². The first-order valence-corrected chi connectivity index (χ1v) is 11.6. The Bertz CT molecular complexity index is 1060. The van der Waals surface area contributed by atoms with Crippen LogP contribution in [0.2, 0.25) is 0 Å². The third-order valence-electron chi connectivity index (χ3n) is 5.42. The maximum absolute atomic E-state index is 13.2. The average Bonchev–Trinajstić information content (AvgIpc) is 2.82. The summed E-state index contributed by atoms with van der Waals surface area (Å²) in [5, 5.41) is 13.9. The molecule has 3 rings (SSSR count). The molecule has 0 aliphatic carbocycles. The van der Waals surface area contributed by atoms with Crippen LogP contribution < -0.4 is 10.6 Å². The maximum Gasteiger partial charge on any atom is 0.407 e. The van der Waals surface area contributed by atoms with Gasteiger partial charge in [0, 0.05) is 18.2 Å². The highest BCUT2D eigenvalue weighted by Gasteiger charge is 2.67. The third-order valence-corrected chi connectivity index (χ3v) is 6.80. The van der Waals surface area contributed by atoms with Gasteiger partial charge in [0.05, 0.1) is 0 Å². The van der Waals surface area contributed by atoms with Crippen molar-refractivity contribution in [2.24, 2.45) is 0 Å². The summed E-state index contributed by atoms with van der Waals surface area (Å²) in [6, 6.07) is 9.01. The number of rotatable bonds is 9. The van der Waals surface area contributed by atoms with Gasteiger partial charge in [-0.3, -0.25) is 24.2 Å². The number of nitrogens with zero attached hydrogens (tertiary/aromatic N) is 2. The maximum atomic E-state index is 13.2. The summed E-state index contributed by atoms with van der Waals surface area (Å²) in [4.78, 5) is 63.5. The highest BCUT2D eigenvalue weighted by molar-refractivity contribution is 8.00. The summed E-state index contributed by atoms with van der Waals surface area (Å²) in [5.41, 5.74) is -0.730. The Morgan fingerprint density at radius 2 is 1.86 bits per heavy atom. The summed E-state index contributed by atoms with van der Waals surface area (Å²) >= 11 is 1.23. The summed E-state index contributed by atoms with van der Waals surface area (Å²) in [7, 11) is 3.16. The monoisotopic (exact) mass is 506 g/mol. The number of ether oxygens (including phenoxy) is 2. The predicted molar refractivity (Wildman–Crippen MR) is 124 cm³/mol. The zero-order valence-electron chi connectivity index (χ0n) is 19.4. The van der Waals surface area contributed by atoms with E-state index in [-0.39, 0.29) is 30.2 Å². The molecule has 0 saturated carbocycles. The van der Waals surface area contributed by atoms with Crippen LogP contribution in [0.25, 0.3) is 0 Å². The van der Waals surface area contributed by atoms with E-state index in [1.54, 1.807) is 38.4 Å². The third kappa shape index (κ3) is 5.41. The molecule has 188 valence electrons. The Hall–Kier alpha value is -3.58. The molecule has 1 saturated heterocycles. The summed E-state index contributed by atoms with van der Waals surface area (Å²) in [6.07, 6.45) is -0.803. The van der Waals surface area contributed by atoms with Gasteiger partial charge in [-0.15, -0.1) is 11.8 Å². The minimum atomic E-state index is -1.52. The Morgan fingerprint density at radius 1 is 1.17 bits per heavy atom. The van der Waals surface area contributed by atoms with Gasteiger partial charge in [-0.1, -0.05) is 30.3 Å². The molecule has 1 aromatic rings. The molecule has 0 aromatic heterocycles. The number of carbonyl (C=O) groups excluding carboxylic acids is 4. The number of esters is 1. The number of likely N-dealkylation sites (N-methyl/N-ethyl adjacent to an activating group) is 1. The van der Waals surface area contributed by atoms with Gasteiger partial charge in [0.25, 0.3) is 5.91 Å². The van der Waals surface area contributed by atoms with Crippen LogP contribution in [-0.2, 0) is 35.3 Å². The zero-order valence-corrected chi connectivity index (χ0v) is 20.2. The number of carboxylic acids is 1. The molecule has 12 nitrogen and oxygen atoms in total. The van der Waals surface area contributed by atoms with E-state index in [0.717, 1.165) is 10.5 Å². The van der Waals surface area contributed by atoms with Crippen molar-refractivity contribution < 1.29 is 38.6 Å². The molecule has 3 N–H and O–H groups in total. The van der Waals surface area contributed by atoms with Crippen LogP contribution in [0.1, 0.15) is 12.5 Å². The van der Waals surface area contributed by atoms with E-state index in [9.17, 15) is 29.1 Å². The lowest BCUT2D eigenvalue weighted by Crippen LogP contribution is -2.85. The molecule has 0 bridgehead atoms. The Kier molecular flexibility index (Phi) is 8.02. The SMILES string of the molecule is CC(=O)OCC1=C(C(=O)O)N2C(=O)[C@@](NC(=O)CNC(=O)OCc3ccccc3)(N(C)C)[C@H]2SC1.